The van der Waals surface area contributed by atoms with Crippen LogP contribution in [0.1, 0.15) is 12.5 Å². The van der Waals surface area contributed by atoms with Crippen LogP contribution in [0.4, 0.5) is 11.4 Å². The second kappa shape index (κ2) is 5.37. The number of aliphatic hydroxyl groups excluding tert-OH is 1. The minimum atomic E-state index is -3.07. The fourth-order valence-electron chi connectivity index (χ4n) is 2.41. The van der Waals surface area contributed by atoms with Crippen molar-refractivity contribution in [3.8, 4) is 0 Å². The van der Waals surface area contributed by atoms with E-state index in [0.717, 1.165) is 0 Å². The number of hydrogen-bond donors (Lipinski definition) is 1. The molecule has 7 nitrogen and oxygen atoms in total. The van der Waals surface area contributed by atoms with Crippen molar-refractivity contribution in [3.05, 3.63) is 33.9 Å². The second-order valence-corrected chi connectivity index (χ2v) is 7.12. The molecule has 0 aromatic heterocycles. The van der Waals surface area contributed by atoms with Crippen molar-refractivity contribution in [2.75, 3.05) is 23.0 Å². The zero-order chi connectivity index (χ0) is 14.9. The van der Waals surface area contributed by atoms with Crippen LogP contribution in [0.25, 0.3) is 0 Å². The van der Waals surface area contributed by atoms with E-state index in [9.17, 15) is 18.5 Å². The maximum absolute atomic E-state index is 11.6. The van der Waals surface area contributed by atoms with Crippen molar-refractivity contribution in [2.24, 2.45) is 0 Å². The van der Waals surface area contributed by atoms with E-state index in [1.807, 2.05) is 0 Å². The van der Waals surface area contributed by atoms with E-state index >= 15 is 0 Å². The highest BCUT2D eigenvalue weighted by Crippen LogP contribution is 2.32. The highest BCUT2D eigenvalue weighted by molar-refractivity contribution is 7.91. The number of anilines is 1. The fraction of sp³-hybridized carbons (Fsp3) is 0.500. The maximum Gasteiger partial charge on any atom is 0.292 e. The average molecular weight is 300 g/mol. The molecule has 1 unspecified atom stereocenters. The molecular formula is C12H16N2O5S. The second-order valence-electron chi connectivity index (χ2n) is 4.90. The third-order valence-electron chi connectivity index (χ3n) is 3.40. The molecule has 8 heteroatoms. The van der Waals surface area contributed by atoms with Gasteiger partial charge in [-0.2, -0.15) is 0 Å². The first-order valence-corrected chi connectivity index (χ1v) is 8.01. The molecule has 0 amide bonds. The summed E-state index contributed by atoms with van der Waals surface area (Å²) in [6.07, 6.45) is 0. The summed E-state index contributed by atoms with van der Waals surface area (Å²) in [5, 5.41) is 20.2. The number of nitro benzene ring substituents is 1. The molecule has 0 saturated carbocycles. The standard InChI is InChI=1S/C12H16N2O5S/c1-9-8-20(18,19)5-4-13(9)11-3-2-10(7-15)6-12(11)14(16)17/h2-3,6,9,15H,4-5,7-8H2,1H3. The number of nitrogens with zero attached hydrogens (tertiary/aromatic N) is 2. The lowest BCUT2D eigenvalue weighted by Crippen LogP contribution is -2.47. The number of aliphatic hydroxyl groups is 1. The van der Waals surface area contributed by atoms with Gasteiger partial charge in [0.15, 0.2) is 9.84 Å². The molecule has 1 N–H and O–H groups in total. The third-order valence-corrected chi connectivity index (χ3v) is 5.19. The van der Waals surface area contributed by atoms with Gasteiger partial charge in [0.1, 0.15) is 5.69 Å². The smallest absolute Gasteiger partial charge is 0.292 e. The van der Waals surface area contributed by atoms with Gasteiger partial charge in [-0.05, 0) is 18.6 Å². The highest BCUT2D eigenvalue weighted by Gasteiger charge is 2.31. The van der Waals surface area contributed by atoms with E-state index in [0.29, 0.717) is 11.3 Å². The molecule has 1 aromatic rings. The van der Waals surface area contributed by atoms with E-state index in [1.54, 1.807) is 24.0 Å². The Morgan fingerprint density at radius 3 is 2.75 bits per heavy atom. The number of rotatable bonds is 3. The summed E-state index contributed by atoms with van der Waals surface area (Å²) >= 11 is 0. The van der Waals surface area contributed by atoms with Crippen LogP contribution in [-0.4, -0.2) is 42.5 Å². The van der Waals surface area contributed by atoms with Crippen LogP contribution in [0.15, 0.2) is 18.2 Å². The summed E-state index contributed by atoms with van der Waals surface area (Å²) in [6.45, 7) is 1.70. The first-order valence-electron chi connectivity index (χ1n) is 6.19. The van der Waals surface area contributed by atoms with E-state index in [2.05, 4.69) is 0 Å². The van der Waals surface area contributed by atoms with Gasteiger partial charge < -0.3 is 10.0 Å². The summed E-state index contributed by atoms with van der Waals surface area (Å²) in [5.74, 6) is -0.0118. The molecule has 0 bridgehead atoms. The molecule has 1 saturated heterocycles. The quantitative estimate of drug-likeness (QED) is 0.651. The first kappa shape index (κ1) is 14.7. The molecule has 1 heterocycles. The fourth-order valence-corrected chi connectivity index (χ4v) is 3.97. The zero-order valence-electron chi connectivity index (χ0n) is 11.0. The van der Waals surface area contributed by atoms with Crippen molar-refractivity contribution in [1.29, 1.82) is 0 Å². The van der Waals surface area contributed by atoms with Gasteiger partial charge in [0, 0.05) is 18.7 Å². The molecule has 1 aliphatic heterocycles. The van der Waals surface area contributed by atoms with E-state index in [1.165, 1.54) is 6.07 Å². The molecule has 1 aromatic carbocycles. The first-order chi connectivity index (χ1) is 9.34. The lowest BCUT2D eigenvalue weighted by molar-refractivity contribution is -0.384. The lowest BCUT2D eigenvalue weighted by atomic mass is 10.1. The Kier molecular flexibility index (Phi) is 3.96. The van der Waals surface area contributed by atoms with Crippen LogP contribution in [0, 0.1) is 10.1 Å². The Morgan fingerprint density at radius 2 is 2.20 bits per heavy atom. The molecule has 0 spiro atoms. The topological polar surface area (TPSA) is 101 Å². The van der Waals surface area contributed by atoms with Gasteiger partial charge in [0.25, 0.3) is 5.69 Å². The number of hydrogen-bond acceptors (Lipinski definition) is 6. The van der Waals surface area contributed by atoms with E-state index in [-0.39, 0.29) is 36.4 Å². The molecule has 1 aliphatic rings. The minimum absolute atomic E-state index is 0.00372. The molecular weight excluding hydrogens is 284 g/mol. The van der Waals surface area contributed by atoms with Crippen LogP contribution in [0.3, 0.4) is 0 Å². The Morgan fingerprint density at radius 1 is 1.50 bits per heavy atom. The molecule has 2 rings (SSSR count). The van der Waals surface area contributed by atoms with Gasteiger partial charge in [-0.1, -0.05) is 6.07 Å². The Balaban J connectivity index is 2.40. The van der Waals surface area contributed by atoms with Crippen LogP contribution in [0.2, 0.25) is 0 Å². The van der Waals surface area contributed by atoms with Crippen molar-refractivity contribution < 1.29 is 18.4 Å². The van der Waals surface area contributed by atoms with Crippen molar-refractivity contribution >= 4 is 21.2 Å². The van der Waals surface area contributed by atoms with Gasteiger partial charge in [-0.25, -0.2) is 8.42 Å². The van der Waals surface area contributed by atoms with Crippen molar-refractivity contribution in [3.63, 3.8) is 0 Å². The SMILES string of the molecule is CC1CS(=O)(=O)CCN1c1ccc(CO)cc1[N+](=O)[O-]. The normalized spacial score (nSPS) is 21.7. The lowest BCUT2D eigenvalue weighted by Gasteiger charge is -2.34. The largest absolute Gasteiger partial charge is 0.392 e. The van der Waals surface area contributed by atoms with Crippen LogP contribution >= 0.6 is 0 Å². The molecule has 1 fully saturated rings. The predicted octanol–water partition coefficient (Wildman–Crippen LogP) is 0.710. The van der Waals surface area contributed by atoms with E-state index < -0.39 is 14.8 Å². The highest BCUT2D eigenvalue weighted by atomic mass is 32.2. The maximum atomic E-state index is 11.6. The summed E-state index contributed by atoms with van der Waals surface area (Å²) in [5.41, 5.74) is 0.745. The summed E-state index contributed by atoms with van der Waals surface area (Å²) < 4.78 is 23.1. The third kappa shape index (κ3) is 2.91. The minimum Gasteiger partial charge on any atom is -0.392 e. The van der Waals surface area contributed by atoms with Gasteiger partial charge >= 0.3 is 0 Å². The van der Waals surface area contributed by atoms with Gasteiger partial charge in [-0.3, -0.25) is 10.1 Å². The number of benzene rings is 1. The Hall–Kier alpha value is -1.67. The van der Waals surface area contributed by atoms with Crippen molar-refractivity contribution in [2.45, 2.75) is 19.6 Å². The molecule has 0 aliphatic carbocycles. The Labute approximate surface area is 116 Å². The summed E-state index contributed by atoms with van der Waals surface area (Å²) in [7, 11) is -3.07. The van der Waals surface area contributed by atoms with Crippen LogP contribution in [0.5, 0.6) is 0 Å². The zero-order valence-corrected chi connectivity index (χ0v) is 11.8. The summed E-state index contributed by atoms with van der Waals surface area (Å²) in [4.78, 5) is 12.4. The summed E-state index contributed by atoms with van der Waals surface area (Å²) in [6, 6.07) is 4.19. The van der Waals surface area contributed by atoms with Gasteiger partial charge in [0.2, 0.25) is 0 Å². The van der Waals surface area contributed by atoms with Crippen LogP contribution in [-0.2, 0) is 16.4 Å². The molecule has 0 radical (unpaired) electrons. The van der Waals surface area contributed by atoms with Gasteiger partial charge in [-0.15, -0.1) is 0 Å². The number of nitro groups is 1. The average Bonchev–Trinajstić information content (AvgIpc) is 2.37. The van der Waals surface area contributed by atoms with Gasteiger partial charge in [0.05, 0.1) is 23.0 Å². The van der Waals surface area contributed by atoms with Crippen LogP contribution < -0.4 is 4.90 Å². The molecule has 20 heavy (non-hydrogen) atoms. The molecule has 110 valence electrons. The Bertz CT molecular complexity index is 629. The molecule has 1 atom stereocenters. The number of sulfone groups is 1. The van der Waals surface area contributed by atoms with Crippen molar-refractivity contribution in [1.82, 2.24) is 0 Å². The predicted molar refractivity (Wildman–Crippen MR) is 74.5 cm³/mol. The monoisotopic (exact) mass is 300 g/mol. The van der Waals surface area contributed by atoms with E-state index in [4.69, 9.17) is 5.11 Å².